The SMILES string of the molecule is CN(C)CC(NC(=O)c1csc(CNC(=O)OCC2c3ccccc3-c3ccccc32)n1)C(=O)O. The van der Waals surface area contributed by atoms with Crippen molar-refractivity contribution < 1.29 is 24.2 Å². The maximum Gasteiger partial charge on any atom is 0.407 e. The molecular weight excluding hydrogens is 468 g/mol. The van der Waals surface area contributed by atoms with Crippen molar-refractivity contribution in [3.63, 3.8) is 0 Å². The van der Waals surface area contributed by atoms with Crippen LogP contribution in [-0.2, 0) is 16.1 Å². The van der Waals surface area contributed by atoms with Crippen molar-refractivity contribution >= 4 is 29.3 Å². The minimum Gasteiger partial charge on any atom is -0.480 e. The molecule has 0 radical (unpaired) electrons. The van der Waals surface area contributed by atoms with Crippen molar-refractivity contribution in [3.8, 4) is 11.1 Å². The predicted octanol–water partition coefficient (Wildman–Crippen LogP) is 2.93. The zero-order valence-corrected chi connectivity index (χ0v) is 20.2. The van der Waals surface area contributed by atoms with Crippen molar-refractivity contribution in [1.29, 1.82) is 0 Å². The molecular formula is C25H26N4O5S. The molecule has 1 aliphatic carbocycles. The van der Waals surface area contributed by atoms with Crippen LogP contribution < -0.4 is 10.6 Å². The van der Waals surface area contributed by atoms with Gasteiger partial charge in [-0.3, -0.25) is 4.79 Å². The van der Waals surface area contributed by atoms with Crippen LogP contribution in [0.25, 0.3) is 11.1 Å². The summed E-state index contributed by atoms with van der Waals surface area (Å²) < 4.78 is 5.51. The Kier molecular flexibility index (Phi) is 7.42. The highest BCUT2D eigenvalue weighted by molar-refractivity contribution is 7.09. The van der Waals surface area contributed by atoms with Crippen molar-refractivity contribution in [3.05, 3.63) is 75.7 Å². The molecule has 3 aromatic rings. The summed E-state index contributed by atoms with van der Waals surface area (Å²) in [5, 5.41) is 16.4. The first-order valence-electron chi connectivity index (χ1n) is 11.0. The molecule has 35 heavy (non-hydrogen) atoms. The molecule has 0 spiro atoms. The number of fused-ring (bicyclic) bond motifs is 3. The fourth-order valence-corrected chi connectivity index (χ4v) is 4.79. The summed E-state index contributed by atoms with van der Waals surface area (Å²) in [5.41, 5.74) is 4.67. The molecule has 0 saturated heterocycles. The molecule has 1 atom stereocenters. The molecule has 9 nitrogen and oxygen atoms in total. The average Bonchev–Trinajstić information content (AvgIpc) is 3.44. The summed E-state index contributed by atoms with van der Waals surface area (Å²) in [5.74, 6) is -1.74. The lowest BCUT2D eigenvalue weighted by atomic mass is 9.98. The van der Waals surface area contributed by atoms with E-state index in [4.69, 9.17) is 4.74 Å². The van der Waals surface area contributed by atoms with Gasteiger partial charge in [-0.1, -0.05) is 48.5 Å². The summed E-state index contributed by atoms with van der Waals surface area (Å²) in [6.07, 6.45) is -0.579. The van der Waals surface area contributed by atoms with Crippen LogP contribution in [0.2, 0.25) is 0 Å². The Labute approximate surface area is 206 Å². The number of rotatable bonds is 9. The zero-order chi connectivity index (χ0) is 24.9. The molecule has 2 amide bonds. The third-order valence-electron chi connectivity index (χ3n) is 5.66. The highest BCUT2D eigenvalue weighted by atomic mass is 32.1. The van der Waals surface area contributed by atoms with E-state index in [1.165, 1.54) is 16.7 Å². The third kappa shape index (κ3) is 5.67. The van der Waals surface area contributed by atoms with Gasteiger partial charge in [-0.15, -0.1) is 11.3 Å². The van der Waals surface area contributed by atoms with E-state index in [0.29, 0.717) is 5.01 Å². The van der Waals surface area contributed by atoms with Crippen LogP contribution in [0.5, 0.6) is 0 Å². The van der Waals surface area contributed by atoms with Gasteiger partial charge in [0.25, 0.3) is 5.91 Å². The van der Waals surface area contributed by atoms with E-state index in [0.717, 1.165) is 22.3 Å². The number of aliphatic carboxylic acids is 1. The smallest absolute Gasteiger partial charge is 0.407 e. The molecule has 0 bridgehead atoms. The Hall–Kier alpha value is -3.76. The Morgan fingerprint density at radius 1 is 1.09 bits per heavy atom. The molecule has 10 heteroatoms. The maximum atomic E-state index is 12.4. The number of likely N-dealkylation sites (N-methyl/N-ethyl adjacent to an activating group) is 1. The topological polar surface area (TPSA) is 121 Å². The highest BCUT2D eigenvalue weighted by Gasteiger charge is 2.29. The summed E-state index contributed by atoms with van der Waals surface area (Å²) in [6, 6.07) is 15.2. The number of hydrogen-bond acceptors (Lipinski definition) is 7. The van der Waals surface area contributed by atoms with Gasteiger partial charge in [0.15, 0.2) is 0 Å². The van der Waals surface area contributed by atoms with Crippen LogP contribution >= 0.6 is 11.3 Å². The van der Waals surface area contributed by atoms with Crippen molar-refractivity contribution in [2.24, 2.45) is 0 Å². The van der Waals surface area contributed by atoms with Gasteiger partial charge in [-0.25, -0.2) is 14.6 Å². The van der Waals surface area contributed by atoms with E-state index in [2.05, 4.69) is 39.9 Å². The number of ether oxygens (including phenoxy) is 1. The Bertz CT molecular complexity index is 1200. The number of nitrogens with zero attached hydrogens (tertiary/aromatic N) is 2. The molecule has 3 N–H and O–H groups in total. The van der Waals surface area contributed by atoms with Crippen LogP contribution in [0.3, 0.4) is 0 Å². The van der Waals surface area contributed by atoms with Crippen molar-refractivity contribution in [2.45, 2.75) is 18.5 Å². The van der Waals surface area contributed by atoms with E-state index in [9.17, 15) is 19.5 Å². The van der Waals surface area contributed by atoms with Gasteiger partial charge in [0, 0.05) is 17.8 Å². The largest absolute Gasteiger partial charge is 0.480 e. The Morgan fingerprint density at radius 3 is 2.31 bits per heavy atom. The fraction of sp³-hybridized carbons (Fsp3) is 0.280. The van der Waals surface area contributed by atoms with Gasteiger partial charge >= 0.3 is 12.1 Å². The number of carbonyl (C=O) groups is 3. The highest BCUT2D eigenvalue weighted by Crippen LogP contribution is 2.44. The molecule has 1 unspecified atom stereocenters. The molecule has 2 aromatic carbocycles. The van der Waals surface area contributed by atoms with Crippen LogP contribution in [0, 0.1) is 0 Å². The Balaban J connectivity index is 1.30. The molecule has 1 aliphatic rings. The summed E-state index contributed by atoms with van der Waals surface area (Å²) in [6.45, 7) is 0.448. The standard InChI is InChI=1S/C25H26N4O5S/c1-29(2)12-20(24(31)32)28-23(30)21-14-35-22(27-21)11-26-25(33)34-13-19-17-9-5-3-7-15(17)16-8-4-6-10-18(16)19/h3-10,14,19-20H,11-13H2,1-2H3,(H,26,33)(H,28,30)(H,31,32). The number of thiazole rings is 1. The van der Waals surface area contributed by atoms with Crippen LogP contribution in [0.1, 0.15) is 32.5 Å². The quantitative estimate of drug-likeness (QED) is 0.418. The number of carboxylic acids is 1. The van der Waals surface area contributed by atoms with Crippen LogP contribution in [0.4, 0.5) is 4.79 Å². The first kappa shape index (κ1) is 24.4. The van der Waals surface area contributed by atoms with Gasteiger partial charge in [0.05, 0.1) is 6.54 Å². The third-order valence-corrected chi connectivity index (χ3v) is 6.51. The maximum absolute atomic E-state index is 12.4. The van der Waals surface area contributed by atoms with E-state index in [1.807, 2.05) is 24.3 Å². The normalized spacial score (nSPS) is 13.1. The van der Waals surface area contributed by atoms with Crippen LogP contribution in [-0.4, -0.2) is 66.2 Å². The molecule has 0 saturated carbocycles. The van der Waals surface area contributed by atoms with E-state index in [1.54, 1.807) is 19.0 Å². The van der Waals surface area contributed by atoms with Gasteiger partial charge < -0.3 is 25.4 Å². The number of amides is 2. The molecule has 0 aliphatic heterocycles. The second-order valence-electron chi connectivity index (χ2n) is 8.43. The predicted molar refractivity (Wildman–Crippen MR) is 131 cm³/mol. The number of benzene rings is 2. The van der Waals surface area contributed by atoms with Crippen molar-refractivity contribution in [1.82, 2.24) is 20.5 Å². The first-order valence-corrected chi connectivity index (χ1v) is 11.9. The number of aromatic nitrogens is 1. The summed E-state index contributed by atoms with van der Waals surface area (Å²) in [7, 11) is 3.44. The average molecular weight is 495 g/mol. The van der Waals surface area contributed by atoms with Crippen LogP contribution in [0.15, 0.2) is 53.9 Å². The molecule has 1 aromatic heterocycles. The number of carbonyl (C=O) groups excluding carboxylic acids is 2. The van der Waals surface area contributed by atoms with Gasteiger partial charge in [-0.05, 0) is 36.3 Å². The molecule has 1 heterocycles. The lowest BCUT2D eigenvalue weighted by Gasteiger charge is -2.17. The van der Waals surface area contributed by atoms with Gasteiger partial charge in [0.1, 0.15) is 23.4 Å². The minimum atomic E-state index is -1.13. The number of carboxylic acid groups (broad SMARTS) is 1. The fourth-order valence-electron chi connectivity index (χ4n) is 4.08. The van der Waals surface area contributed by atoms with Gasteiger partial charge in [-0.2, -0.15) is 0 Å². The van der Waals surface area contributed by atoms with Gasteiger partial charge in [0.2, 0.25) is 0 Å². The Morgan fingerprint density at radius 2 is 1.71 bits per heavy atom. The number of nitrogens with one attached hydrogen (secondary N) is 2. The number of alkyl carbamates (subject to hydrolysis) is 1. The summed E-state index contributed by atoms with van der Waals surface area (Å²) >= 11 is 1.19. The van der Waals surface area contributed by atoms with E-state index < -0.39 is 24.0 Å². The molecule has 4 rings (SSSR count). The first-order chi connectivity index (χ1) is 16.8. The second kappa shape index (κ2) is 10.7. The minimum absolute atomic E-state index is 0.0346. The lowest BCUT2D eigenvalue weighted by Crippen LogP contribution is -2.47. The monoisotopic (exact) mass is 494 g/mol. The van der Waals surface area contributed by atoms with E-state index >= 15 is 0 Å². The molecule has 182 valence electrons. The lowest BCUT2D eigenvalue weighted by molar-refractivity contribution is -0.139. The second-order valence-corrected chi connectivity index (χ2v) is 9.37. The van der Waals surface area contributed by atoms with Crippen molar-refractivity contribution in [2.75, 3.05) is 27.2 Å². The van der Waals surface area contributed by atoms with E-state index in [-0.39, 0.29) is 31.3 Å². The zero-order valence-electron chi connectivity index (χ0n) is 19.4. The molecule has 0 fully saturated rings. The summed E-state index contributed by atoms with van der Waals surface area (Å²) in [4.78, 5) is 42.0. The number of hydrogen-bond donors (Lipinski definition) is 3.